The number of morpholine rings is 1. The van der Waals surface area contributed by atoms with Gasteiger partial charge in [-0.2, -0.15) is 94.1 Å². The molecule has 2 fully saturated rings. The van der Waals surface area contributed by atoms with Crippen molar-refractivity contribution in [2.45, 2.75) is 145 Å². The number of hydrogen-bond donors (Lipinski definition) is 8. The van der Waals surface area contributed by atoms with Gasteiger partial charge in [-0.1, -0.05) is 277 Å². The third kappa shape index (κ3) is 85.4. The van der Waals surface area contributed by atoms with Crippen LogP contribution in [0, 0.1) is 0 Å². The predicted molar refractivity (Wildman–Crippen MR) is 659 cm³/mol. The third-order valence-corrected chi connectivity index (χ3v) is 32.3. The number of likely N-dealkylation sites (tertiary alicyclic amines) is 1. The first-order valence-electron chi connectivity index (χ1n) is 54.3. The Morgan fingerprint density at radius 2 is 0.507 bits per heavy atom. The summed E-state index contributed by atoms with van der Waals surface area (Å²) in [5, 5.41) is 28.0. The second-order valence-corrected chi connectivity index (χ2v) is 46.1. The number of ether oxygens (including phenoxy) is 1. The largest absolute Gasteiger partial charge is 0.379 e. The van der Waals surface area contributed by atoms with Gasteiger partial charge < -0.3 is 81.6 Å². The zero-order chi connectivity index (χ0) is 104. The summed E-state index contributed by atoms with van der Waals surface area (Å²) in [5.41, 5.74) is 11.4. The number of hydrogen-bond acceptors (Lipinski definition) is 25. The second-order valence-electron chi connectivity index (χ2n) is 37.3. The van der Waals surface area contributed by atoms with E-state index in [4.69, 9.17) is 4.74 Å². The van der Waals surface area contributed by atoms with Crippen LogP contribution >= 0.6 is 94.1 Å². The van der Waals surface area contributed by atoms with Gasteiger partial charge in [0.2, 0.25) is 0 Å². The maximum Gasteiger partial charge on any atom is 0.0594 e. The molecule has 2 saturated heterocycles. The molecule has 25 heteroatoms. The van der Waals surface area contributed by atoms with Crippen LogP contribution < -0.4 is 42.5 Å². The lowest BCUT2D eigenvalue weighted by molar-refractivity contribution is 0.0385. The standard InChI is InChI=1S/2C16H28N2S.C15H24N2OS.C15H24N2S.2C15H26N2S.C14H24N2S.C13H22N2S/c1-4-15(2)18(3)12-10-17-11-13-19-14-16-8-6-5-7-9-16;1-3-4-12-18(2)13-10-17-11-14-19-15-16-8-6-5-7-9-16;1-2-4-15(5-3-1)14-19-13-7-16-6-8-17-9-11-18-12-10-17;1-2-6-15(7-3-1)14-18-13-9-16-8-12-17-10-4-5-11-17;1-14(2)17(3)11-9-16-10-12-18-13-15-7-5-4-6-8-15;1-3-11-17(2)12-9-16-10-13-18-14-15-7-5-4-6-8-15;1-3-16(2)11-9-15-10-12-17-13-14-7-5-4-6-8-14;1-15(2)10-8-14-9-11-16-12-13-6-4-3-5-7-13/h5-9,15,17H,4,10-14H2,1-3H3;5-9,17H,3-4,10-15H2,1-2H3;1-5,16H,6-14H2;1-3,6-7,16H,4-5,8-14H2;4-8,14,16H,9-13H2,1-3H3;4-8,16H,3,9-14H2,1-2H3;4-8,15H,3,9-13H2,1-2H3;3-7,14H,8-12H2,1-2H3. The van der Waals surface area contributed by atoms with Crippen molar-refractivity contribution in [2.75, 3.05) is 311 Å². The van der Waals surface area contributed by atoms with Crippen LogP contribution in [-0.4, -0.2) is 363 Å². The Balaban J connectivity index is 0.000000423. The molecule has 2 aliphatic heterocycles. The summed E-state index contributed by atoms with van der Waals surface area (Å²) in [6, 6.07) is 86.7. The number of rotatable bonds is 73. The van der Waals surface area contributed by atoms with Crippen LogP contribution in [0.15, 0.2) is 243 Å². The van der Waals surface area contributed by atoms with Gasteiger partial charge in [0.1, 0.15) is 0 Å². The quantitative estimate of drug-likeness (QED) is 0.0172. The fourth-order valence-electron chi connectivity index (χ4n) is 14.2. The highest BCUT2D eigenvalue weighted by molar-refractivity contribution is 8.00. The van der Waals surface area contributed by atoms with Gasteiger partial charge in [-0.3, -0.25) is 4.90 Å². The van der Waals surface area contributed by atoms with E-state index in [0.717, 1.165) is 229 Å². The summed E-state index contributed by atoms with van der Waals surface area (Å²) in [6.07, 6.45) is 7.85. The van der Waals surface area contributed by atoms with Gasteiger partial charge >= 0.3 is 0 Å². The minimum absolute atomic E-state index is 0.638. The van der Waals surface area contributed by atoms with Crippen LogP contribution in [0.25, 0.3) is 0 Å². The first-order valence-corrected chi connectivity index (χ1v) is 63.6. The van der Waals surface area contributed by atoms with E-state index < -0.39 is 0 Å². The van der Waals surface area contributed by atoms with E-state index >= 15 is 0 Å². The Labute approximate surface area is 916 Å². The summed E-state index contributed by atoms with van der Waals surface area (Å²) >= 11 is 16.0. The molecular weight excluding hydrogens is 1930 g/mol. The van der Waals surface area contributed by atoms with Gasteiger partial charge in [-0.15, -0.1) is 0 Å². The Morgan fingerprint density at radius 1 is 0.264 bits per heavy atom. The topological polar surface area (TPSA) is 131 Å². The van der Waals surface area contributed by atoms with Crippen LogP contribution in [0.2, 0.25) is 0 Å². The Kier molecular flexibility index (Phi) is 93.8. The molecule has 8 aromatic carbocycles. The average Bonchev–Trinajstić information content (AvgIpc) is 1.70. The molecule has 8 aromatic rings. The highest BCUT2D eigenvalue weighted by Crippen LogP contribution is 2.18. The number of unbranched alkanes of at least 4 members (excludes halogenated alkanes) is 1. The number of thioether (sulfide) groups is 8. The van der Waals surface area contributed by atoms with Crippen molar-refractivity contribution in [1.82, 2.24) is 81.7 Å². The fraction of sp³-hybridized carbons (Fsp3) is 0.597. The summed E-state index contributed by atoms with van der Waals surface area (Å²) in [4.78, 5) is 19.1. The number of nitrogens with zero attached hydrogens (tertiary/aromatic N) is 8. The maximum atomic E-state index is 5.34. The minimum Gasteiger partial charge on any atom is -0.379 e. The van der Waals surface area contributed by atoms with Gasteiger partial charge in [-0.25, -0.2) is 0 Å². The molecule has 0 radical (unpaired) electrons. The van der Waals surface area contributed by atoms with E-state index in [1.165, 1.54) is 162 Å². The van der Waals surface area contributed by atoms with E-state index in [1.54, 1.807) is 0 Å². The molecular formula is C119H202N16OS8. The molecule has 812 valence electrons. The van der Waals surface area contributed by atoms with Gasteiger partial charge in [0.25, 0.3) is 0 Å². The summed E-state index contributed by atoms with van der Waals surface area (Å²) in [5.74, 6) is 18.5. The van der Waals surface area contributed by atoms with Crippen molar-refractivity contribution in [3.63, 3.8) is 0 Å². The SMILES string of the molecule is CC(C)N(C)CCNCCSCc1ccccc1.CCC(C)N(C)CCNCCSCc1ccccc1.CCCCN(C)CCNCCSCc1ccccc1.CCCN(C)CCNCCSCc1ccccc1.CCN(C)CCNCCSCc1ccccc1.CN(C)CCNCCSCc1ccccc1.c1ccc(CSCCNCCN2CCCC2)cc1.c1ccc(CSCCNCCN2CCOCC2)cc1. The second kappa shape index (κ2) is 101. The molecule has 0 amide bonds. The fourth-order valence-corrected chi connectivity index (χ4v) is 21.1. The Bertz CT molecular complexity index is 3800. The molecule has 0 bridgehead atoms. The molecule has 10 rings (SSSR count). The van der Waals surface area contributed by atoms with Crippen LogP contribution in [0.5, 0.6) is 0 Å². The molecule has 2 heterocycles. The normalized spacial score (nSPS) is 12.7. The van der Waals surface area contributed by atoms with Crippen molar-refractivity contribution in [2.24, 2.45) is 0 Å². The van der Waals surface area contributed by atoms with Crippen LogP contribution in [0.1, 0.15) is 131 Å². The van der Waals surface area contributed by atoms with E-state index in [2.05, 4.69) is 422 Å². The van der Waals surface area contributed by atoms with E-state index in [9.17, 15) is 0 Å². The van der Waals surface area contributed by atoms with Crippen molar-refractivity contribution in [3.05, 3.63) is 287 Å². The van der Waals surface area contributed by atoms with Crippen molar-refractivity contribution >= 4 is 94.1 Å². The Hall–Kier alpha value is -4.12. The highest BCUT2D eigenvalue weighted by Gasteiger charge is 2.13. The first-order chi connectivity index (χ1) is 70.6. The highest BCUT2D eigenvalue weighted by atomic mass is 32.2. The lowest BCUT2D eigenvalue weighted by Gasteiger charge is -2.26. The van der Waals surface area contributed by atoms with E-state index in [1.807, 2.05) is 94.1 Å². The molecule has 8 N–H and O–H groups in total. The summed E-state index contributed by atoms with van der Waals surface area (Å²) in [6.45, 7) is 52.6. The number of benzene rings is 8. The van der Waals surface area contributed by atoms with Gasteiger partial charge in [0.15, 0.2) is 0 Å². The van der Waals surface area contributed by atoms with E-state index in [-0.39, 0.29) is 0 Å². The number of nitrogens with one attached hydrogen (secondary N) is 8. The third-order valence-electron chi connectivity index (χ3n) is 24.1. The number of likely N-dealkylation sites (N-methyl/N-ethyl adjacent to an activating group) is 6. The molecule has 0 saturated carbocycles. The molecule has 2 aliphatic rings. The van der Waals surface area contributed by atoms with Crippen LogP contribution in [0.3, 0.4) is 0 Å². The van der Waals surface area contributed by atoms with Crippen molar-refractivity contribution in [1.29, 1.82) is 0 Å². The Morgan fingerprint density at radius 3 is 0.757 bits per heavy atom. The van der Waals surface area contributed by atoms with Gasteiger partial charge in [0.05, 0.1) is 13.2 Å². The first kappa shape index (κ1) is 134. The average molecular weight is 2130 g/mol. The van der Waals surface area contributed by atoms with Crippen molar-refractivity contribution in [3.8, 4) is 0 Å². The maximum absolute atomic E-state index is 5.34. The van der Waals surface area contributed by atoms with Crippen LogP contribution in [0.4, 0.5) is 0 Å². The van der Waals surface area contributed by atoms with Crippen molar-refractivity contribution < 1.29 is 4.74 Å². The lowest BCUT2D eigenvalue weighted by atomic mass is 10.2. The zero-order valence-corrected chi connectivity index (χ0v) is 98.9. The molecule has 0 spiro atoms. The molecule has 0 aromatic heterocycles. The molecule has 17 nitrogen and oxygen atoms in total. The monoisotopic (exact) mass is 2130 g/mol. The summed E-state index contributed by atoms with van der Waals surface area (Å²) in [7, 11) is 15.1. The lowest BCUT2D eigenvalue weighted by Crippen LogP contribution is -2.40. The van der Waals surface area contributed by atoms with E-state index in [0.29, 0.717) is 12.1 Å². The zero-order valence-electron chi connectivity index (χ0n) is 92.4. The van der Waals surface area contributed by atoms with Crippen LogP contribution in [-0.2, 0) is 50.8 Å². The predicted octanol–water partition coefficient (Wildman–Crippen LogP) is 21.2. The van der Waals surface area contributed by atoms with Gasteiger partial charge in [-0.05, 0) is 179 Å². The minimum atomic E-state index is 0.638. The molecule has 1 atom stereocenters. The smallest absolute Gasteiger partial charge is 0.0594 e. The molecule has 1 unspecified atom stereocenters. The summed E-state index contributed by atoms with van der Waals surface area (Å²) < 4.78 is 5.34. The molecule has 0 aliphatic carbocycles. The van der Waals surface area contributed by atoms with Gasteiger partial charge in [0, 0.05) is 274 Å². The molecule has 144 heavy (non-hydrogen) atoms.